The van der Waals surface area contributed by atoms with Crippen LogP contribution >= 0.6 is 0 Å². The molecular weight excluding hydrogens is 359 g/mol. The van der Waals surface area contributed by atoms with Crippen molar-refractivity contribution >= 4 is 11.8 Å². The van der Waals surface area contributed by atoms with Crippen molar-refractivity contribution in [1.82, 2.24) is 15.2 Å². The molecule has 1 aliphatic rings. The lowest BCUT2D eigenvalue weighted by Gasteiger charge is -2.35. The summed E-state index contributed by atoms with van der Waals surface area (Å²) in [7, 11) is 0. The number of rotatable bonds is 3. The Bertz CT molecular complexity index is 850. The average molecular weight is 377 g/mol. The molecule has 1 atom stereocenters. The molecule has 0 aliphatic carbocycles. The molecule has 0 saturated carbocycles. The van der Waals surface area contributed by atoms with E-state index in [0.29, 0.717) is 19.2 Å². The Balaban J connectivity index is 1.91. The highest BCUT2D eigenvalue weighted by atomic mass is 19.4. The van der Waals surface area contributed by atoms with E-state index in [1.807, 2.05) is 24.3 Å². The number of benzene rings is 1. The SMILES string of the molecule is CCNC(=O)[C@H]1Cc2ccccc2CN1C(=O)c1ccc(C(F)(F)F)cn1. The molecule has 142 valence electrons. The number of carbonyl (C=O) groups excluding carboxylic acids is 2. The Morgan fingerprint density at radius 1 is 1.19 bits per heavy atom. The molecule has 1 aromatic carbocycles. The largest absolute Gasteiger partial charge is 0.417 e. The van der Waals surface area contributed by atoms with Gasteiger partial charge < -0.3 is 10.2 Å². The number of aromatic nitrogens is 1. The van der Waals surface area contributed by atoms with Gasteiger partial charge in [-0.15, -0.1) is 0 Å². The molecule has 1 aromatic heterocycles. The number of fused-ring (bicyclic) bond motifs is 1. The van der Waals surface area contributed by atoms with Crippen molar-refractivity contribution in [1.29, 1.82) is 0 Å². The third-order valence-electron chi connectivity index (χ3n) is 4.47. The van der Waals surface area contributed by atoms with Crippen molar-refractivity contribution in [2.45, 2.75) is 32.1 Å². The number of nitrogens with one attached hydrogen (secondary N) is 1. The van der Waals surface area contributed by atoms with Crippen LogP contribution in [-0.4, -0.2) is 34.3 Å². The van der Waals surface area contributed by atoms with E-state index in [-0.39, 0.29) is 18.1 Å². The normalized spacial score (nSPS) is 16.6. The predicted octanol–water partition coefficient (Wildman–Crippen LogP) is 2.80. The first-order valence-electron chi connectivity index (χ1n) is 8.50. The van der Waals surface area contributed by atoms with Gasteiger partial charge in [0.25, 0.3) is 5.91 Å². The van der Waals surface area contributed by atoms with Crippen LogP contribution in [0.15, 0.2) is 42.6 Å². The van der Waals surface area contributed by atoms with Crippen molar-refractivity contribution in [3.8, 4) is 0 Å². The minimum Gasteiger partial charge on any atom is -0.355 e. The molecule has 1 aliphatic heterocycles. The van der Waals surface area contributed by atoms with E-state index in [2.05, 4.69) is 10.3 Å². The Hall–Kier alpha value is -2.90. The maximum atomic E-state index is 12.9. The van der Waals surface area contributed by atoms with E-state index in [4.69, 9.17) is 0 Å². The summed E-state index contributed by atoms with van der Waals surface area (Å²) in [5.74, 6) is -0.873. The van der Waals surface area contributed by atoms with Gasteiger partial charge in [0, 0.05) is 25.7 Å². The van der Waals surface area contributed by atoms with Crippen LogP contribution in [0.4, 0.5) is 13.2 Å². The van der Waals surface area contributed by atoms with Gasteiger partial charge in [0.15, 0.2) is 0 Å². The molecule has 0 fully saturated rings. The molecule has 2 amide bonds. The fourth-order valence-corrected chi connectivity index (χ4v) is 3.10. The summed E-state index contributed by atoms with van der Waals surface area (Å²) in [4.78, 5) is 30.4. The van der Waals surface area contributed by atoms with Crippen molar-refractivity contribution in [2.75, 3.05) is 6.54 Å². The lowest BCUT2D eigenvalue weighted by atomic mass is 9.93. The number of nitrogens with zero attached hydrogens (tertiary/aromatic N) is 2. The van der Waals surface area contributed by atoms with E-state index in [9.17, 15) is 22.8 Å². The van der Waals surface area contributed by atoms with Crippen LogP contribution in [0.2, 0.25) is 0 Å². The molecule has 2 aromatic rings. The smallest absolute Gasteiger partial charge is 0.355 e. The van der Waals surface area contributed by atoms with Crippen LogP contribution in [0, 0.1) is 0 Å². The zero-order chi connectivity index (χ0) is 19.6. The summed E-state index contributed by atoms with van der Waals surface area (Å²) < 4.78 is 38.1. The number of likely N-dealkylation sites (N-methyl/N-ethyl adjacent to an activating group) is 1. The van der Waals surface area contributed by atoms with Gasteiger partial charge in [-0.2, -0.15) is 13.2 Å². The number of hydrogen-bond acceptors (Lipinski definition) is 3. The third kappa shape index (κ3) is 3.94. The topological polar surface area (TPSA) is 62.3 Å². The average Bonchev–Trinajstić information content (AvgIpc) is 2.66. The molecule has 8 heteroatoms. The quantitative estimate of drug-likeness (QED) is 0.895. The number of pyridine rings is 1. The third-order valence-corrected chi connectivity index (χ3v) is 4.47. The minimum atomic E-state index is -4.53. The van der Waals surface area contributed by atoms with Crippen LogP contribution in [0.1, 0.15) is 34.1 Å². The van der Waals surface area contributed by atoms with Crippen LogP contribution in [0.5, 0.6) is 0 Å². The van der Waals surface area contributed by atoms with E-state index in [1.54, 1.807) is 6.92 Å². The lowest BCUT2D eigenvalue weighted by Crippen LogP contribution is -2.52. The van der Waals surface area contributed by atoms with Gasteiger partial charge in [0.1, 0.15) is 11.7 Å². The van der Waals surface area contributed by atoms with Gasteiger partial charge >= 0.3 is 6.18 Å². The molecule has 3 rings (SSSR count). The highest BCUT2D eigenvalue weighted by molar-refractivity contribution is 5.96. The molecule has 0 radical (unpaired) electrons. The second-order valence-electron chi connectivity index (χ2n) is 6.25. The van der Waals surface area contributed by atoms with Crippen LogP contribution in [-0.2, 0) is 23.9 Å². The summed E-state index contributed by atoms with van der Waals surface area (Å²) in [6.07, 6.45) is -3.55. The van der Waals surface area contributed by atoms with E-state index >= 15 is 0 Å². The summed E-state index contributed by atoms with van der Waals surface area (Å²) in [5.41, 5.74) is 0.816. The molecular formula is C19H18F3N3O2. The van der Waals surface area contributed by atoms with Gasteiger partial charge in [-0.3, -0.25) is 14.6 Å². The standard InChI is InChI=1S/C19H18F3N3O2/c1-2-23-17(26)16-9-12-5-3-4-6-13(12)11-25(16)18(27)15-8-7-14(10-24-15)19(20,21)22/h3-8,10,16H,2,9,11H2,1H3,(H,23,26)/t16-/m1/s1. The summed E-state index contributed by atoms with van der Waals surface area (Å²) >= 11 is 0. The first-order valence-corrected chi connectivity index (χ1v) is 8.50. The monoisotopic (exact) mass is 377 g/mol. The second kappa shape index (κ2) is 7.38. The predicted molar refractivity (Wildman–Crippen MR) is 91.7 cm³/mol. The Morgan fingerprint density at radius 2 is 1.89 bits per heavy atom. The maximum Gasteiger partial charge on any atom is 0.417 e. The van der Waals surface area contributed by atoms with Crippen LogP contribution in [0.25, 0.3) is 0 Å². The number of halogens is 3. The molecule has 1 N–H and O–H groups in total. The summed E-state index contributed by atoms with van der Waals surface area (Å²) in [5, 5.41) is 2.71. The molecule has 5 nitrogen and oxygen atoms in total. The van der Waals surface area contributed by atoms with Crippen molar-refractivity contribution in [2.24, 2.45) is 0 Å². The van der Waals surface area contributed by atoms with Crippen LogP contribution in [0.3, 0.4) is 0 Å². The Morgan fingerprint density at radius 3 is 2.48 bits per heavy atom. The number of carbonyl (C=O) groups is 2. The van der Waals surface area contributed by atoms with Crippen LogP contribution < -0.4 is 5.32 Å². The summed E-state index contributed by atoms with van der Waals surface area (Å²) in [6, 6.07) is 8.59. The molecule has 0 spiro atoms. The first kappa shape index (κ1) is 18.9. The highest BCUT2D eigenvalue weighted by Crippen LogP contribution is 2.29. The number of amides is 2. The van der Waals surface area contributed by atoms with Crippen molar-refractivity contribution in [3.05, 3.63) is 65.0 Å². The lowest BCUT2D eigenvalue weighted by molar-refractivity contribution is -0.137. The van der Waals surface area contributed by atoms with Gasteiger partial charge in [-0.25, -0.2) is 0 Å². The van der Waals surface area contributed by atoms with Gasteiger partial charge in [-0.1, -0.05) is 24.3 Å². The Labute approximate surface area is 154 Å². The first-order chi connectivity index (χ1) is 12.8. The Kier molecular flexibility index (Phi) is 5.16. The fourth-order valence-electron chi connectivity index (χ4n) is 3.10. The number of hydrogen-bond donors (Lipinski definition) is 1. The van der Waals surface area contributed by atoms with Gasteiger partial charge in [0.05, 0.1) is 5.56 Å². The molecule has 0 unspecified atom stereocenters. The van der Waals surface area contributed by atoms with Gasteiger partial charge in [-0.05, 0) is 30.2 Å². The van der Waals surface area contributed by atoms with Gasteiger partial charge in [0.2, 0.25) is 5.91 Å². The second-order valence-corrected chi connectivity index (χ2v) is 6.25. The zero-order valence-corrected chi connectivity index (χ0v) is 14.6. The number of alkyl halides is 3. The van der Waals surface area contributed by atoms with E-state index < -0.39 is 23.7 Å². The molecule has 0 saturated heterocycles. The van der Waals surface area contributed by atoms with Crippen molar-refractivity contribution in [3.63, 3.8) is 0 Å². The van der Waals surface area contributed by atoms with Crippen molar-refractivity contribution < 1.29 is 22.8 Å². The molecule has 2 heterocycles. The molecule has 0 bridgehead atoms. The zero-order valence-electron chi connectivity index (χ0n) is 14.6. The maximum absolute atomic E-state index is 12.9. The fraction of sp³-hybridized carbons (Fsp3) is 0.316. The molecule has 27 heavy (non-hydrogen) atoms. The van der Waals surface area contributed by atoms with E-state index in [0.717, 1.165) is 23.3 Å². The highest BCUT2D eigenvalue weighted by Gasteiger charge is 2.36. The minimum absolute atomic E-state index is 0.128. The van der Waals surface area contributed by atoms with E-state index in [1.165, 1.54) is 4.90 Å². The summed E-state index contributed by atoms with van der Waals surface area (Å²) in [6.45, 7) is 2.38.